The third-order valence-electron chi connectivity index (χ3n) is 2.38. The normalized spacial score (nSPS) is 15.6. The largest absolute Gasteiger partial charge is 0.393 e. The van der Waals surface area contributed by atoms with Gasteiger partial charge in [-0.1, -0.05) is 0 Å². The highest BCUT2D eigenvalue weighted by Crippen LogP contribution is 2.13. The fraction of sp³-hybridized carbons (Fsp3) is 0.667. The maximum Gasteiger partial charge on any atom is 0.383 e. The average molecular weight is 338 g/mol. The van der Waals surface area contributed by atoms with Gasteiger partial charge in [0.2, 0.25) is 0 Å². The zero-order chi connectivity index (χ0) is 18.2. The van der Waals surface area contributed by atoms with Gasteiger partial charge in [-0.25, -0.2) is 38.7 Å². The molecule has 0 aliphatic rings. The van der Waals surface area contributed by atoms with Crippen LogP contribution in [0, 0.1) is 5.92 Å². The number of hydrogen-bond acceptors (Lipinski definition) is 11. The Kier molecular flexibility index (Phi) is 8.77. The lowest BCUT2D eigenvalue weighted by Gasteiger charge is -2.16. The molecule has 0 aromatic carbocycles. The van der Waals surface area contributed by atoms with Crippen LogP contribution in [0.25, 0.3) is 0 Å². The number of carbonyl (C=O) groups is 4. The molecule has 0 heterocycles. The molecule has 0 fully saturated rings. The zero-order valence-electron chi connectivity index (χ0n) is 12.6. The lowest BCUT2D eigenvalue weighted by atomic mass is 10.0. The molecule has 0 aliphatic heterocycles. The van der Waals surface area contributed by atoms with Crippen LogP contribution in [0.4, 0.5) is 0 Å². The van der Waals surface area contributed by atoms with Gasteiger partial charge in [0, 0.05) is 0 Å². The highest BCUT2D eigenvalue weighted by molar-refractivity contribution is 5.81. The molecule has 3 N–H and O–H groups in total. The average Bonchev–Trinajstić information content (AvgIpc) is 2.46. The molecule has 0 bridgehead atoms. The molecule has 4 atom stereocenters. The van der Waals surface area contributed by atoms with E-state index in [1.165, 1.54) is 0 Å². The van der Waals surface area contributed by atoms with Crippen molar-refractivity contribution >= 4 is 23.9 Å². The zero-order valence-corrected chi connectivity index (χ0v) is 12.6. The van der Waals surface area contributed by atoms with Gasteiger partial charge in [-0.15, -0.1) is 0 Å². The molecule has 0 radical (unpaired) electrons. The van der Waals surface area contributed by atoms with Crippen molar-refractivity contribution in [2.24, 2.45) is 5.92 Å². The molecule has 0 rings (SSSR count). The second-order valence-electron chi connectivity index (χ2n) is 4.57. The summed E-state index contributed by atoms with van der Waals surface area (Å²) in [6.07, 6.45) is -5.24. The van der Waals surface area contributed by atoms with Crippen molar-refractivity contribution in [1.29, 1.82) is 0 Å². The molecule has 0 aliphatic carbocycles. The van der Waals surface area contributed by atoms with Crippen LogP contribution in [0.5, 0.6) is 0 Å². The van der Waals surface area contributed by atoms with Gasteiger partial charge in [0.05, 0.1) is 18.4 Å². The first-order valence-electron chi connectivity index (χ1n) is 6.43. The van der Waals surface area contributed by atoms with Gasteiger partial charge in [-0.2, -0.15) is 0 Å². The molecule has 23 heavy (non-hydrogen) atoms. The van der Waals surface area contributed by atoms with Gasteiger partial charge in [-0.3, -0.25) is 0 Å². The summed E-state index contributed by atoms with van der Waals surface area (Å²) in [5.41, 5.74) is 0. The van der Waals surface area contributed by atoms with Crippen molar-refractivity contribution in [3.63, 3.8) is 0 Å². The first-order valence-corrected chi connectivity index (χ1v) is 6.43. The van der Waals surface area contributed by atoms with Crippen LogP contribution in [-0.4, -0.2) is 57.5 Å². The molecule has 0 aromatic rings. The van der Waals surface area contributed by atoms with Gasteiger partial charge in [0.25, 0.3) is 0 Å². The predicted octanol–water partition coefficient (Wildman–Crippen LogP) is -1.86. The van der Waals surface area contributed by atoms with Crippen LogP contribution in [0.15, 0.2) is 0 Å². The van der Waals surface area contributed by atoms with Crippen LogP contribution < -0.4 is 0 Å². The molecule has 11 nitrogen and oxygen atoms in total. The molecule has 0 amide bonds. The molecule has 132 valence electrons. The minimum atomic E-state index is -1.54. The molecule has 0 aromatic heterocycles. The molecule has 0 spiro atoms. The lowest BCUT2D eigenvalue weighted by molar-refractivity contribution is -0.272. The summed E-state index contributed by atoms with van der Waals surface area (Å²) in [6.45, 7) is 3.29. The first-order chi connectivity index (χ1) is 10.6. The number of hydrogen-bond donors (Lipinski definition) is 3. The van der Waals surface area contributed by atoms with Crippen LogP contribution in [0.1, 0.15) is 27.2 Å². The molecule has 0 saturated heterocycles. The van der Waals surface area contributed by atoms with E-state index in [0.29, 0.717) is 0 Å². The third kappa shape index (κ3) is 8.09. The smallest absolute Gasteiger partial charge is 0.383 e. The number of rotatable bonds is 6. The lowest BCUT2D eigenvalue weighted by Crippen LogP contribution is -2.33. The van der Waals surface area contributed by atoms with Crippen molar-refractivity contribution in [2.45, 2.75) is 45.5 Å². The minimum Gasteiger partial charge on any atom is -0.393 e. The summed E-state index contributed by atoms with van der Waals surface area (Å²) in [7, 11) is 0. The van der Waals surface area contributed by atoms with Crippen molar-refractivity contribution in [3.8, 4) is 0 Å². The molecular weight excluding hydrogens is 320 g/mol. The summed E-state index contributed by atoms with van der Waals surface area (Å²) in [6, 6.07) is 0. The third-order valence-corrected chi connectivity index (χ3v) is 2.38. The fourth-order valence-corrected chi connectivity index (χ4v) is 1.04. The van der Waals surface area contributed by atoms with Crippen LogP contribution in [-0.2, 0) is 38.7 Å². The summed E-state index contributed by atoms with van der Waals surface area (Å²) in [4.78, 5) is 60.9. The van der Waals surface area contributed by atoms with E-state index in [2.05, 4.69) is 19.6 Å². The van der Waals surface area contributed by atoms with E-state index in [0.717, 1.165) is 20.8 Å². The van der Waals surface area contributed by atoms with Gasteiger partial charge in [0.15, 0.2) is 12.2 Å². The Morgan fingerprint density at radius 1 is 0.739 bits per heavy atom. The van der Waals surface area contributed by atoms with Crippen LogP contribution >= 0.6 is 0 Å². The van der Waals surface area contributed by atoms with E-state index in [1.54, 1.807) is 0 Å². The Morgan fingerprint density at radius 2 is 1.13 bits per heavy atom. The van der Waals surface area contributed by atoms with E-state index in [-0.39, 0.29) is 0 Å². The quantitative estimate of drug-likeness (QED) is 0.367. The van der Waals surface area contributed by atoms with Crippen molar-refractivity contribution < 1.29 is 54.0 Å². The van der Waals surface area contributed by atoms with E-state index >= 15 is 0 Å². The van der Waals surface area contributed by atoms with Crippen molar-refractivity contribution in [3.05, 3.63) is 0 Å². The monoisotopic (exact) mass is 338 g/mol. The number of carbonyl (C=O) groups excluding carboxylic acids is 4. The maximum absolute atomic E-state index is 11.6. The van der Waals surface area contributed by atoms with E-state index < -0.39 is 54.5 Å². The summed E-state index contributed by atoms with van der Waals surface area (Å²) in [5, 5.41) is 27.1. The number of aliphatic hydroxyl groups excluding tert-OH is 3. The van der Waals surface area contributed by atoms with Gasteiger partial charge in [-0.05, 0) is 20.8 Å². The second kappa shape index (κ2) is 9.71. The summed E-state index contributed by atoms with van der Waals surface area (Å²) < 4.78 is 0. The van der Waals surface area contributed by atoms with E-state index in [1.807, 2.05) is 0 Å². The molecule has 11 heteroatoms. The Morgan fingerprint density at radius 3 is 1.52 bits per heavy atom. The van der Waals surface area contributed by atoms with Crippen LogP contribution in [0.2, 0.25) is 0 Å². The fourth-order valence-electron chi connectivity index (χ4n) is 1.04. The molecule has 0 saturated carbocycles. The van der Waals surface area contributed by atoms with E-state index in [9.17, 15) is 24.3 Å². The summed E-state index contributed by atoms with van der Waals surface area (Å²) in [5.74, 6) is -6.48. The summed E-state index contributed by atoms with van der Waals surface area (Å²) >= 11 is 0. The van der Waals surface area contributed by atoms with Crippen molar-refractivity contribution in [2.75, 3.05) is 0 Å². The SMILES string of the molecule is CC(O)C(=O)OOC(=O)CC(C(=O)OOC(=O)C(C)O)C(C)O. The van der Waals surface area contributed by atoms with Gasteiger partial charge >= 0.3 is 23.9 Å². The maximum atomic E-state index is 11.6. The Balaban J connectivity index is 4.50. The van der Waals surface area contributed by atoms with Gasteiger partial charge < -0.3 is 15.3 Å². The predicted molar refractivity (Wildman–Crippen MR) is 67.5 cm³/mol. The highest BCUT2D eigenvalue weighted by atomic mass is 17.2. The number of aliphatic hydroxyl groups is 3. The topological polar surface area (TPSA) is 166 Å². The standard InChI is InChI=1S/C12H18O11/c1-5(13)8(12(19)23-22-11(18)7(3)15)4-9(16)20-21-10(17)6(2)14/h5-8,13-15H,4H2,1-3H3. The second-order valence-corrected chi connectivity index (χ2v) is 4.57. The Bertz CT molecular complexity index is 440. The minimum absolute atomic E-state index is 0.768. The molecule has 4 unspecified atom stereocenters. The Hall–Kier alpha value is -2.24. The van der Waals surface area contributed by atoms with Gasteiger partial charge in [0.1, 0.15) is 0 Å². The highest BCUT2D eigenvalue weighted by Gasteiger charge is 2.32. The van der Waals surface area contributed by atoms with Crippen molar-refractivity contribution in [1.82, 2.24) is 0 Å². The van der Waals surface area contributed by atoms with Crippen LogP contribution in [0.3, 0.4) is 0 Å². The Labute approximate surface area is 130 Å². The first kappa shape index (κ1) is 20.8. The van der Waals surface area contributed by atoms with E-state index in [4.69, 9.17) is 10.2 Å². The molecular formula is C12H18O11.